The van der Waals surface area contributed by atoms with Gasteiger partial charge in [0.15, 0.2) is 18.1 Å². The zero-order chi connectivity index (χ0) is 22.6. The van der Waals surface area contributed by atoms with Gasteiger partial charge >= 0.3 is 18.3 Å². The summed E-state index contributed by atoms with van der Waals surface area (Å²) in [5, 5.41) is 5.25. The number of amides is 3. The van der Waals surface area contributed by atoms with E-state index in [2.05, 4.69) is 20.1 Å². The van der Waals surface area contributed by atoms with Gasteiger partial charge in [-0.15, -0.1) is 8.78 Å². The number of anilines is 1. The number of carbonyl (C=O) groups excluding carboxylic acids is 3. The average Bonchev–Trinajstić information content (AvgIpc) is 2.99. The SMILES string of the molecule is NC(=O)NC(CC(=O)OCC(=O)Nc1ccc2c(c1)OC(F)(F)O2)c1ccc(Cl)cc1. The third-order valence-electron chi connectivity index (χ3n) is 4.01. The maximum absolute atomic E-state index is 13.0. The van der Waals surface area contributed by atoms with Crippen LogP contribution in [0.2, 0.25) is 5.02 Å². The second-order valence-corrected chi connectivity index (χ2v) is 6.79. The highest BCUT2D eigenvalue weighted by molar-refractivity contribution is 6.30. The molecule has 1 heterocycles. The van der Waals surface area contributed by atoms with E-state index < -0.39 is 36.9 Å². The fourth-order valence-corrected chi connectivity index (χ4v) is 2.84. The molecule has 12 heteroatoms. The Balaban J connectivity index is 1.53. The Hall–Kier alpha value is -3.60. The molecule has 4 N–H and O–H groups in total. The lowest BCUT2D eigenvalue weighted by molar-refractivity contribution is -0.286. The molecule has 2 aromatic rings. The number of hydrogen-bond donors (Lipinski definition) is 3. The van der Waals surface area contributed by atoms with E-state index in [0.717, 1.165) is 6.07 Å². The maximum Gasteiger partial charge on any atom is 0.586 e. The minimum absolute atomic E-state index is 0.135. The summed E-state index contributed by atoms with van der Waals surface area (Å²) in [4.78, 5) is 35.3. The number of nitrogens with two attached hydrogens (primary N) is 1. The molecule has 0 aromatic heterocycles. The Kier molecular flexibility index (Phi) is 6.44. The summed E-state index contributed by atoms with van der Waals surface area (Å²) >= 11 is 5.82. The number of rotatable bonds is 7. The zero-order valence-corrected chi connectivity index (χ0v) is 16.4. The van der Waals surface area contributed by atoms with Gasteiger partial charge in [0.05, 0.1) is 12.5 Å². The number of alkyl halides is 2. The molecule has 1 unspecified atom stereocenters. The highest BCUT2D eigenvalue weighted by atomic mass is 35.5. The van der Waals surface area contributed by atoms with Gasteiger partial charge in [-0.3, -0.25) is 9.59 Å². The number of benzene rings is 2. The number of urea groups is 1. The third-order valence-corrected chi connectivity index (χ3v) is 4.26. The molecule has 0 bridgehead atoms. The van der Waals surface area contributed by atoms with Crippen LogP contribution in [0.1, 0.15) is 18.0 Å². The van der Waals surface area contributed by atoms with Crippen LogP contribution in [-0.2, 0) is 14.3 Å². The van der Waals surface area contributed by atoms with Crippen LogP contribution in [0, 0.1) is 0 Å². The Morgan fingerprint density at radius 2 is 1.77 bits per heavy atom. The smallest absolute Gasteiger partial charge is 0.455 e. The van der Waals surface area contributed by atoms with E-state index >= 15 is 0 Å². The minimum atomic E-state index is -3.78. The van der Waals surface area contributed by atoms with Crippen LogP contribution in [0.15, 0.2) is 42.5 Å². The first-order chi connectivity index (χ1) is 14.6. The molecule has 0 spiro atoms. The lowest BCUT2D eigenvalue weighted by atomic mass is 10.0. The molecule has 1 aliphatic heterocycles. The Morgan fingerprint density at radius 3 is 2.45 bits per heavy atom. The normalized spacial score (nSPS) is 14.4. The maximum atomic E-state index is 13.0. The standard InChI is InChI=1S/C19H16ClF2N3O6/c20-11-3-1-10(2-4-11)13(25-18(23)28)8-17(27)29-9-16(26)24-12-5-6-14-15(7-12)31-19(21,22)30-14/h1-7,13H,8-9H2,(H,24,26)(H3,23,25,28). The lowest BCUT2D eigenvalue weighted by Gasteiger charge is -2.17. The van der Waals surface area contributed by atoms with Crippen molar-refractivity contribution < 1.29 is 37.4 Å². The van der Waals surface area contributed by atoms with Crippen molar-refractivity contribution in [3.05, 3.63) is 53.1 Å². The average molecular weight is 456 g/mol. The van der Waals surface area contributed by atoms with Crippen LogP contribution in [-0.4, -0.2) is 30.8 Å². The molecule has 1 aliphatic rings. The van der Waals surface area contributed by atoms with Gasteiger partial charge in [0.2, 0.25) is 0 Å². The summed E-state index contributed by atoms with van der Waals surface area (Å²) in [7, 11) is 0. The van der Waals surface area contributed by atoms with Gasteiger partial charge in [0.25, 0.3) is 5.91 Å². The molecule has 0 saturated carbocycles. The lowest BCUT2D eigenvalue weighted by Crippen LogP contribution is -2.35. The number of primary amides is 1. The van der Waals surface area contributed by atoms with Crippen LogP contribution >= 0.6 is 11.6 Å². The van der Waals surface area contributed by atoms with E-state index in [-0.39, 0.29) is 23.6 Å². The van der Waals surface area contributed by atoms with Crippen LogP contribution in [0.25, 0.3) is 0 Å². The van der Waals surface area contributed by atoms with Crippen molar-refractivity contribution in [3.63, 3.8) is 0 Å². The Labute approximate surface area is 179 Å². The number of carbonyl (C=O) groups is 3. The van der Waals surface area contributed by atoms with Gasteiger partial charge < -0.3 is 30.6 Å². The molecular weight excluding hydrogens is 440 g/mol. The molecule has 0 radical (unpaired) electrons. The monoisotopic (exact) mass is 455 g/mol. The number of esters is 1. The Bertz CT molecular complexity index is 1000. The Morgan fingerprint density at radius 1 is 1.10 bits per heavy atom. The van der Waals surface area contributed by atoms with Gasteiger partial charge in [0, 0.05) is 16.8 Å². The summed E-state index contributed by atoms with van der Waals surface area (Å²) in [6.45, 7) is -0.645. The number of fused-ring (bicyclic) bond motifs is 1. The predicted molar refractivity (Wildman–Crippen MR) is 104 cm³/mol. The summed E-state index contributed by atoms with van der Waals surface area (Å²) in [6.07, 6.45) is -4.07. The van der Waals surface area contributed by atoms with Crippen molar-refractivity contribution in [1.82, 2.24) is 5.32 Å². The zero-order valence-electron chi connectivity index (χ0n) is 15.7. The number of halogens is 3. The number of hydrogen-bond acceptors (Lipinski definition) is 6. The first-order valence-corrected chi connectivity index (χ1v) is 9.16. The van der Waals surface area contributed by atoms with Gasteiger partial charge in [-0.1, -0.05) is 23.7 Å². The van der Waals surface area contributed by atoms with E-state index in [9.17, 15) is 23.2 Å². The fourth-order valence-electron chi connectivity index (χ4n) is 2.71. The molecule has 3 amide bonds. The fraction of sp³-hybridized carbons (Fsp3) is 0.211. The number of ether oxygens (including phenoxy) is 3. The summed E-state index contributed by atoms with van der Waals surface area (Å²) in [6, 6.07) is 8.38. The van der Waals surface area contributed by atoms with Crippen molar-refractivity contribution in [2.45, 2.75) is 18.8 Å². The molecule has 2 aromatic carbocycles. The summed E-state index contributed by atoms with van der Waals surface area (Å²) in [5.41, 5.74) is 5.83. The van der Waals surface area contributed by atoms with E-state index in [1.54, 1.807) is 24.3 Å². The van der Waals surface area contributed by atoms with Crippen LogP contribution in [0.5, 0.6) is 11.5 Å². The first kappa shape index (κ1) is 22.1. The molecule has 1 atom stereocenters. The van der Waals surface area contributed by atoms with Crippen molar-refractivity contribution in [3.8, 4) is 11.5 Å². The summed E-state index contributed by atoms with van der Waals surface area (Å²) in [5.74, 6) is -1.92. The third kappa shape index (κ3) is 6.19. The molecule has 0 saturated heterocycles. The van der Waals surface area contributed by atoms with E-state index in [1.165, 1.54) is 12.1 Å². The van der Waals surface area contributed by atoms with Crippen molar-refractivity contribution >= 4 is 35.2 Å². The second kappa shape index (κ2) is 9.04. The van der Waals surface area contributed by atoms with Gasteiger partial charge in [0.1, 0.15) is 0 Å². The molecule has 3 rings (SSSR count). The van der Waals surface area contributed by atoms with Gasteiger partial charge in [-0.05, 0) is 29.8 Å². The number of nitrogens with one attached hydrogen (secondary N) is 2. The molecule has 9 nitrogen and oxygen atoms in total. The van der Waals surface area contributed by atoms with Crippen LogP contribution in [0.4, 0.5) is 19.3 Å². The molecule has 0 aliphatic carbocycles. The topological polar surface area (TPSA) is 129 Å². The van der Waals surface area contributed by atoms with Crippen molar-refractivity contribution in [2.24, 2.45) is 5.73 Å². The van der Waals surface area contributed by atoms with E-state index in [4.69, 9.17) is 22.1 Å². The van der Waals surface area contributed by atoms with E-state index in [0.29, 0.717) is 10.6 Å². The molecule has 31 heavy (non-hydrogen) atoms. The van der Waals surface area contributed by atoms with Crippen molar-refractivity contribution in [2.75, 3.05) is 11.9 Å². The summed E-state index contributed by atoms with van der Waals surface area (Å²) < 4.78 is 39.5. The van der Waals surface area contributed by atoms with Gasteiger partial charge in [-0.2, -0.15) is 0 Å². The highest BCUT2D eigenvalue weighted by Gasteiger charge is 2.43. The second-order valence-electron chi connectivity index (χ2n) is 6.35. The minimum Gasteiger partial charge on any atom is -0.455 e. The molecule has 0 fully saturated rings. The predicted octanol–water partition coefficient (Wildman–Crippen LogP) is 2.94. The largest absolute Gasteiger partial charge is 0.586 e. The van der Waals surface area contributed by atoms with E-state index in [1.807, 2.05) is 0 Å². The quantitative estimate of drug-likeness (QED) is 0.550. The van der Waals surface area contributed by atoms with Crippen LogP contribution < -0.4 is 25.8 Å². The first-order valence-electron chi connectivity index (χ1n) is 8.78. The van der Waals surface area contributed by atoms with Crippen LogP contribution in [0.3, 0.4) is 0 Å². The highest BCUT2D eigenvalue weighted by Crippen LogP contribution is 2.42. The molecular formula is C19H16ClF2N3O6. The van der Waals surface area contributed by atoms with Crippen molar-refractivity contribution in [1.29, 1.82) is 0 Å². The molecule has 164 valence electrons. The van der Waals surface area contributed by atoms with Gasteiger partial charge in [-0.25, -0.2) is 4.79 Å².